The smallest absolute Gasteiger partial charge is 0.281 e. The van der Waals surface area contributed by atoms with E-state index in [1.54, 1.807) is 5.48 Å². The molecule has 0 bridgehead atoms. The minimum absolute atomic E-state index is 0.0691. The topological polar surface area (TPSA) is 84.9 Å². The highest BCUT2D eigenvalue weighted by atomic mass is 16.5. The third kappa shape index (κ3) is 6.92. The number of Topliss-reactive ketones (excluding diaryl/α,β-unsaturated/α-hetero) is 1. The van der Waals surface area contributed by atoms with Gasteiger partial charge in [-0.05, 0) is 67.0 Å². The second-order valence-corrected chi connectivity index (χ2v) is 11.5. The molecule has 0 spiro atoms. The molecule has 1 amide bonds. The largest absolute Gasteiger partial charge is 0.486 e. The lowest BCUT2D eigenvalue weighted by atomic mass is 9.66. The van der Waals surface area contributed by atoms with E-state index in [-0.39, 0.29) is 24.4 Å². The first kappa shape index (κ1) is 28.7. The van der Waals surface area contributed by atoms with Gasteiger partial charge in [0.05, 0.1) is 0 Å². The van der Waals surface area contributed by atoms with Gasteiger partial charge in [0.1, 0.15) is 18.1 Å². The van der Waals surface area contributed by atoms with E-state index in [4.69, 9.17) is 14.7 Å². The van der Waals surface area contributed by atoms with Crippen LogP contribution in [0.25, 0.3) is 0 Å². The van der Waals surface area contributed by atoms with Crippen LogP contribution in [0.2, 0.25) is 0 Å². The first-order valence-corrected chi connectivity index (χ1v) is 13.4. The molecule has 0 aliphatic heterocycles. The third-order valence-corrected chi connectivity index (χ3v) is 7.85. The van der Waals surface area contributed by atoms with Crippen molar-refractivity contribution in [2.45, 2.75) is 85.5 Å². The summed E-state index contributed by atoms with van der Waals surface area (Å²) in [5.74, 6) is 1.53. The Labute approximate surface area is 221 Å². The fraction of sp³-hybridized carbons (Fsp3) is 0.548. The highest BCUT2D eigenvalue weighted by Crippen LogP contribution is 2.46. The third-order valence-electron chi connectivity index (χ3n) is 7.85. The van der Waals surface area contributed by atoms with Gasteiger partial charge >= 0.3 is 0 Å². The lowest BCUT2D eigenvalue weighted by Crippen LogP contribution is -2.30. The predicted molar refractivity (Wildman–Crippen MR) is 145 cm³/mol. The van der Waals surface area contributed by atoms with Crippen molar-refractivity contribution in [3.05, 3.63) is 58.7 Å². The maximum Gasteiger partial charge on any atom is 0.281 e. The Morgan fingerprint density at radius 2 is 1.43 bits per heavy atom. The first-order chi connectivity index (χ1) is 17.5. The molecule has 1 unspecified atom stereocenters. The summed E-state index contributed by atoms with van der Waals surface area (Å²) in [4.78, 5) is 23.8. The lowest BCUT2D eigenvalue weighted by molar-refractivity contribution is -0.131. The van der Waals surface area contributed by atoms with Crippen molar-refractivity contribution >= 4 is 11.7 Å². The molecule has 1 atom stereocenters. The van der Waals surface area contributed by atoms with E-state index < -0.39 is 11.3 Å². The highest BCUT2D eigenvalue weighted by Gasteiger charge is 2.37. The quantitative estimate of drug-likeness (QED) is 0.268. The van der Waals surface area contributed by atoms with Crippen LogP contribution < -0.4 is 15.0 Å². The Balaban J connectivity index is 1.96. The summed E-state index contributed by atoms with van der Waals surface area (Å²) in [7, 11) is 0. The van der Waals surface area contributed by atoms with Gasteiger partial charge in [-0.25, -0.2) is 5.48 Å². The first-order valence-electron chi connectivity index (χ1n) is 13.4. The molecule has 0 saturated heterocycles. The van der Waals surface area contributed by atoms with Crippen LogP contribution in [-0.4, -0.2) is 30.1 Å². The zero-order valence-electron chi connectivity index (χ0n) is 23.3. The monoisotopic (exact) mass is 509 g/mol. The van der Waals surface area contributed by atoms with Gasteiger partial charge in [-0.2, -0.15) is 0 Å². The van der Waals surface area contributed by atoms with Gasteiger partial charge < -0.3 is 9.47 Å². The van der Waals surface area contributed by atoms with Gasteiger partial charge in [0.15, 0.2) is 12.4 Å². The molecule has 2 aromatic carbocycles. The van der Waals surface area contributed by atoms with Crippen molar-refractivity contribution in [3.8, 4) is 11.5 Å². The number of ketones is 1. The number of benzene rings is 2. The van der Waals surface area contributed by atoms with Gasteiger partial charge in [0.2, 0.25) is 0 Å². The number of rotatable bonds is 11. The Morgan fingerprint density at radius 1 is 0.919 bits per heavy atom. The van der Waals surface area contributed by atoms with Crippen molar-refractivity contribution in [2.75, 3.05) is 13.2 Å². The van der Waals surface area contributed by atoms with E-state index in [1.165, 1.54) is 36.8 Å². The second-order valence-electron chi connectivity index (χ2n) is 11.5. The average Bonchev–Trinajstić information content (AvgIpc) is 3.37. The molecular formula is C31H43NO5. The molecule has 37 heavy (non-hydrogen) atoms. The van der Waals surface area contributed by atoms with E-state index in [1.807, 2.05) is 46.8 Å². The average molecular weight is 510 g/mol. The number of nitrogens with one attached hydrogen (secondary N) is 1. The van der Waals surface area contributed by atoms with Crippen molar-refractivity contribution in [2.24, 2.45) is 11.3 Å². The molecule has 6 nitrogen and oxygen atoms in total. The Morgan fingerprint density at radius 3 is 1.86 bits per heavy atom. The highest BCUT2D eigenvalue weighted by molar-refractivity contribution is 5.85. The SMILES string of the molecule is CCC(CC1CCCC1)(c1ccc(OCC(=O)NO)c(C)c1)c1ccc(OCC(=O)C(C)(C)C)c(C)c1. The molecule has 6 heteroatoms. The molecule has 1 fully saturated rings. The van der Waals surface area contributed by atoms with Crippen LogP contribution in [0.4, 0.5) is 0 Å². The normalized spacial score (nSPS) is 15.8. The van der Waals surface area contributed by atoms with Gasteiger partial charge in [0.25, 0.3) is 5.91 Å². The minimum atomic E-state index is -0.588. The number of hydroxylamine groups is 1. The van der Waals surface area contributed by atoms with Crippen LogP contribution in [0.1, 0.15) is 88.5 Å². The molecule has 1 saturated carbocycles. The molecule has 0 heterocycles. The summed E-state index contributed by atoms with van der Waals surface area (Å²) in [5, 5.41) is 8.76. The maximum absolute atomic E-state index is 12.4. The Hall–Kier alpha value is -2.86. The number of carbonyl (C=O) groups is 2. The van der Waals surface area contributed by atoms with Crippen LogP contribution in [0.3, 0.4) is 0 Å². The maximum atomic E-state index is 12.4. The molecule has 2 N–H and O–H groups in total. The van der Waals surface area contributed by atoms with Crippen molar-refractivity contribution < 1.29 is 24.3 Å². The molecule has 1 aliphatic carbocycles. The molecule has 2 aromatic rings. The zero-order chi connectivity index (χ0) is 27.2. The molecular weight excluding hydrogens is 466 g/mol. The van der Waals surface area contributed by atoms with Crippen molar-refractivity contribution in [3.63, 3.8) is 0 Å². The summed E-state index contributed by atoms with van der Waals surface area (Å²) in [6, 6.07) is 12.6. The fourth-order valence-corrected chi connectivity index (χ4v) is 5.42. The summed E-state index contributed by atoms with van der Waals surface area (Å²) in [5.41, 5.74) is 5.45. The number of amides is 1. The summed E-state index contributed by atoms with van der Waals surface area (Å²) in [6.07, 6.45) is 7.10. The van der Waals surface area contributed by atoms with Crippen LogP contribution >= 0.6 is 0 Å². The fourth-order valence-electron chi connectivity index (χ4n) is 5.42. The van der Waals surface area contributed by atoms with E-state index in [2.05, 4.69) is 31.2 Å². The zero-order valence-corrected chi connectivity index (χ0v) is 23.3. The molecule has 1 aliphatic rings. The van der Waals surface area contributed by atoms with Crippen LogP contribution in [-0.2, 0) is 15.0 Å². The van der Waals surface area contributed by atoms with E-state index in [0.29, 0.717) is 11.7 Å². The van der Waals surface area contributed by atoms with Crippen molar-refractivity contribution in [1.82, 2.24) is 5.48 Å². The molecule has 0 aromatic heterocycles. The Kier molecular flexibility index (Phi) is 9.41. The van der Waals surface area contributed by atoms with Crippen LogP contribution in [0.15, 0.2) is 36.4 Å². The standard InChI is InChI=1S/C31H43NO5/c1-7-31(18-23-10-8-9-11-23,25-13-15-27(22(3)17-25)37-20-29(34)32-35)24-12-14-26(21(2)16-24)36-19-28(33)30(4,5)6/h12-17,23,35H,7-11,18-20H2,1-6H3,(H,32,34). The number of hydrogen-bond donors (Lipinski definition) is 2. The summed E-state index contributed by atoms with van der Waals surface area (Å²) in [6.45, 7) is 11.8. The minimum Gasteiger partial charge on any atom is -0.486 e. The van der Waals surface area contributed by atoms with Gasteiger partial charge in [0, 0.05) is 10.8 Å². The van der Waals surface area contributed by atoms with Crippen LogP contribution in [0.5, 0.6) is 11.5 Å². The predicted octanol–water partition coefficient (Wildman–Crippen LogP) is 6.46. The second kappa shape index (κ2) is 12.1. The van der Waals surface area contributed by atoms with E-state index in [0.717, 1.165) is 29.7 Å². The molecule has 202 valence electrons. The lowest BCUT2D eigenvalue weighted by Gasteiger charge is -2.37. The molecule has 0 radical (unpaired) electrons. The van der Waals surface area contributed by atoms with Crippen LogP contribution in [0, 0.1) is 25.2 Å². The van der Waals surface area contributed by atoms with E-state index in [9.17, 15) is 9.59 Å². The number of hydrogen-bond acceptors (Lipinski definition) is 5. The number of ether oxygens (including phenoxy) is 2. The Bertz CT molecular complexity index is 1100. The van der Waals surface area contributed by atoms with Crippen molar-refractivity contribution in [1.29, 1.82) is 0 Å². The van der Waals surface area contributed by atoms with E-state index >= 15 is 0 Å². The molecule has 3 rings (SSSR count). The van der Waals surface area contributed by atoms with Gasteiger partial charge in [-0.15, -0.1) is 0 Å². The van der Waals surface area contributed by atoms with Gasteiger partial charge in [-0.3, -0.25) is 14.8 Å². The number of aryl methyl sites for hydroxylation is 2. The summed E-state index contributed by atoms with van der Waals surface area (Å²) >= 11 is 0. The summed E-state index contributed by atoms with van der Waals surface area (Å²) < 4.78 is 11.6. The number of carbonyl (C=O) groups excluding carboxylic acids is 2. The van der Waals surface area contributed by atoms with Gasteiger partial charge in [-0.1, -0.05) is 77.6 Å².